The number of hydrogen-bond acceptors (Lipinski definition) is 4. The number of hydrogen-bond donors (Lipinski definition) is 1. The Morgan fingerprint density at radius 3 is 2.35 bits per heavy atom. The van der Waals surface area contributed by atoms with Crippen LogP contribution in [0.25, 0.3) is 6.08 Å². The summed E-state index contributed by atoms with van der Waals surface area (Å²) in [6, 6.07) is 8.39. The molecule has 26 heavy (non-hydrogen) atoms. The highest BCUT2D eigenvalue weighted by Gasteiger charge is 2.20. The molecule has 0 aromatic heterocycles. The number of nitrogens with two attached hydrogens (primary N) is 1. The number of ether oxygens (including phenoxy) is 1. The van der Waals surface area contributed by atoms with Crippen LogP contribution in [-0.4, -0.2) is 11.1 Å². The monoisotopic (exact) mass is 446 g/mol. The van der Waals surface area contributed by atoms with Crippen molar-refractivity contribution in [3.63, 3.8) is 0 Å². The fraction of sp³-hybridized carbons (Fsp3) is 0.0588. The van der Waals surface area contributed by atoms with E-state index in [1.165, 1.54) is 0 Å². The Balaban J connectivity index is 1.79. The first-order valence-electron chi connectivity index (χ1n) is 7.17. The molecule has 0 bridgehead atoms. The molecule has 2 aromatic carbocycles. The summed E-state index contributed by atoms with van der Waals surface area (Å²) in [4.78, 5) is 15.7. The van der Waals surface area contributed by atoms with Gasteiger partial charge in [-0.15, -0.1) is 0 Å². The molecule has 0 saturated heterocycles. The second kappa shape index (κ2) is 8.11. The standard InChI is InChI=1S/C17H10Cl4N2O2S/c18-10-2-1-9(11(19)6-10)7-25-15-12(20)3-8(4-13(15)21)5-14-16(24)23-17(22)26-14/h1-6H,7H2,(H2,22,23,24)/b14-5-. The summed E-state index contributed by atoms with van der Waals surface area (Å²) in [6.45, 7) is 0.175. The van der Waals surface area contributed by atoms with Crippen molar-refractivity contribution >= 4 is 75.3 Å². The van der Waals surface area contributed by atoms with Gasteiger partial charge in [0.2, 0.25) is 0 Å². The Kier molecular flexibility index (Phi) is 6.05. The molecular weight excluding hydrogens is 438 g/mol. The third-order valence-corrected chi connectivity index (χ3v) is 5.30. The fourth-order valence-electron chi connectivity index (χ4n) is 2.17. The number of halogens is 4. The maximum atomic E-state index is 11.7. The van der Waals surface area contributed by atoms with Gasteiger partial charge in [-0.2, -0.15) is 4.99 Å². The summed E-state index contributed by atoms with van der Waals surface area (Å²) in [5.41, 5.74) is 6.91. The third-order valence-electron chi connectivity index (χ3n) is 3.34. The molecular formula is C17H10Cl4N2O2S. The Hall–Kier alpha value is -1.37. The molecule has 134 valence electrons. The van der Waals surface area contributed by atoms with Crippen LogP contribution in [0.3, 0.4) is 0 Å². The number of thioether (sulfide) groups is 1. The predicted octanol–water partition coefficient (Wildman–Crippen LogP) is 5.81. The van der Waals surface area contributed by atoms with E-state index >= 15 is 0 Å². The number of aliphatic imine (C=N–C) groups is 1. The van der Waals surface area contributed by atoms with Gasteiger partial charge >= 0.3 is 0 Å². The molecule has 0 aliphatic carbocycles. The van der Waals surface area contributed by atoms with E-state index in [-0.39, 0.29) is 11.8 Å². The lowest BCUT2D eigenvalue weighted by Crippen LogP contribution is -2.01. The zero-order valence-electron chi connectivity index (χ0n) is 12.9. The average molecular weight is 448 g/mol. The summed E-state index contributed by atoms with van der Waals surface area (Å²) >= 11 is 25.7. The van der Waals surface area contributed by atoms with Gasteiger partial charge in [0.25, 0.3) is 5.91 Å². The van der Waals surface area contributed by atoms with Gasteiger partial charge in [-0.3, -0.25) is 4.79 Å². The average Bonchev–Trinajstić information content (AvgIpc) is 2.86. The van der Waals surface area contributed by atoms with Crippen LogP contribution in [0.15, 0.2) is 40.2 Å². The Morgan fingerprint density at radius 1 is 1.08 bits per heavy atom. The minimum Gasteiger partial charge on any atom is -0.486 e. The van der Waals surface area contributed by atoms with E-state index in [0.717, 1.165) is 17.3 Å². The van der Waals surface area contributed by atoms with Gasteiger partial charge in [-0.05, 0) is 47.7 Å². The molecule has 1 amide bonds. The van der Waals surface area contributed by atoms with Gasteiger partial charge in [0.15, 0.2) is 10.9 Å². The van der Waals surface area contributed by atoms with Crippen molar-refractivity contribution in [2.75, 3.05) is 0 Å². The second-order valence-corrected chi connectivity index (χ2v) is 7.92. The second-order valence-electron chi connectivity index (χ2n) is 5.20. The number of carbonyl (C=O) groups excluding carboxylic acids is 1. The number of rotatable bonds is 4. The molecule has 2 aromatic rings. The van der Waals surface area contributed by atoms with Crippen molar-refractivity contribution in [2.45, 2.75) is 6.61 Å². The molecule has 9 heteroatoms. The SMILES string of the molecule is NC1=NC(=O)/C(=C/c2cc(Cl)c(OCc3ccc(Cl)cc3Cl)c(Cl)c2)S1. The van der Waals surface area contributed by atoms with Crippen molar-refractivity contribution in [3.8, 4) is 5.75 Å². The summed E-state index contributed by atoms with van der Waals surface area (Å²) in [5, 5.41) is 1.84. The number of benzene rings is 2. The predicted molar refractivity (Wildman–Crippen MR) is 109 cm³/mol. The minimum absolute atomic E-state index is 0.175. The van der Waals surface area contributed by atoms with Gasteiger partial charge in [0.1, 0.15) is 6.61 Å². The van der Waals surface area contributed by atoms with Crippen LogP contribution in [-0.2, 0) is 11.4 Å². The maximum absolute atomic E-state index is 11.7. The van der Waals surface area contributed by atoms with E-state index in [4.69, 9.17) is 56.9 Å². The fourth-order valence-corrected chi connectivity index (χ4v) is 3.92. The number of amidine groups is 1. The maximum Gasteiger partial charge on any atom is 0.286 e. The summed E-state index contributed by atoms with van der Waals surface area (Å²) in [5.74, 6) is -0.0693. The molecule has 1 aliphatic heterocycles. The van der Waals surface area contributed by atoms with Gasteiger partial charge in [-0.1, -0.05) is 52.5 Å². The molecule has 0 spiro atoms. The highest BCUT2D eigenvalue weighted by Crippen LogP contribution is 2.37. The molecule has 0 unspecified atom stereocenters. The first kappa shape index (κ1) is 19.4. The van der Waals surface area contributed by atoms with Crippen LogP contribution in [0.2, 0.25) is 20.1 Å². The first-order chi connectivity index (χ1) is 12.3. The molecule has 0 radical (unpaired) electrons. The quantitative estimate of drug-likeness (QED) is 0.600. The Morgan fingerprint density at radius 2 is 1.77 bits per heavy atom. The van der Waals surface area contributed by atoms with Crippen LogP contribution in [0.5, 0.6) is 5.75 Å². The van der Waals surface area contributed by atoms with Gasteiger partial charge in [0.05, 0.1) is 15.0 Å². The summed E-state index contributed by atoms with van der Waals surface area (Å²) < 4.78 is 5.71. The summed E-state index contributed by atoms with van der Waals surface area (Å²) in [7, 11) is 0. The molecule has 0 fully saturated rings. The zero-order chi connectivity index (χ0) is 18.8. The Labute approximate surface area is 173 Å². The van der Waals surface area contributed by atoms with E-state index in [9.17, 15) is 4.79 Å². The molecule has 1 aliphatic rings. The third kappa shape index (κ3) is 4.48. The van der Waals surface area contributed by atoms with Crippen LogP contribution in [0.1, 0.15) is 11.1 Å². The smallest absolute Gasteiger partial charge is 0.286 e. The van der Waals surface area contributed by atoms with E-state index in [0.29, 0.717) is 36.3 Å². The van der Waals surface area contributed by atoms with Crippen molar-refractivity contribution in [3.05, 3.63) is 66.5 Å². The molecule has 0 saturated carbocycles. The van der Waals surface area contributed by atoms with E-state index < -0.39 is 5.91 Å². The topological polar surface area (TPSA) is 64.7 Å². The molecule has 4 nitrogen and oxygen atoms in total. The van der Waals surface area contributed by atoms with Crippen molar-refractivity contribution in [2.24, 2.45) is 10.7 Å². The summed E-state index contributed by atoms with van der Waals surface area (Å²) in [6.07, 6.45) is 1.62. The zero-order valence-corrected chi connectivity index (χ0v) is 16.8. The highest BCUT2D eigenvalue weighted by molar-refractivity contribution is 8.18. The van der Waals surface area contributed by atoms with E-state index in [1.54, 1.807) is 36.4 Å². The van der Waals surface area contributed by atoms with Crippen molar-refractivity contribution in [1.82, 2.24) is 0 Å². The molecule has 3 rings (SSSR count). The number of nitrogens with zero attached hydrogens (tertiary/aromatic N) is 1. The molecule has 2 N–H and O–H groups in total. The van der Waals surface area contributed by atoms with Crippen LogP contribution in [0, 0.1) is 0 Å². The van der Waals surface area contributed by atoms with Crippen molar-refractivity contribution in [1.29, 1.82) is 0 Å². The first-order valence-corrected chi connectivity index (χ1v) is 9.50. The lowest BCUT2D eigenvalue weighted by Gasteiger charge is -2.12. The van der Waals surface area contributed by atoms with E-state index in [1.807, 2.05) is 0 Å². The Bertz CT molecular complexity index is 937. The van der Waals surface area contributed by atoms with Gasteiger partial charge in [0, 0.05) is 15.6 Å². The number of carbonyl (C=O) groups is 1. The minimum atomic E-state index is -0.391. The van der Waals surface area contributed by atoms with Crippen LogP contribution in [0.4, 0.5) is 0 Å². The van der Waals surface area contributed by atoms with Gasteiger partial charge in [-0.25, -0.2) is 0 Å². The molecule has 0 atom stereocenters. The number of amides is 1. The van der Waals surface area contributed by atoms with Crippen molar-refractivity contribution < 1.29 is 9.53 Å². The lowest BCUT2D eigenvalue weighted by atomic mass is 10.2. The van der Waals surface area contributed by atoms with Crippen LogP contribution < -0.4 is 10.5 Å². The normalized spacial score (nSPS) is 15.5. The largest absolute Gasteiger partial charge is 0.486 e. The highest BCUT2D eigenvalue weighted by atomic mass is 35.5. The molecule has 1 heterocycles. The lowest BCUT2D eigenvalue weighted by molar-refractivity contribution is -0.113. The van der Waals surface area contributed by atoms with Crippen LogP contribution >= 0.6 is 58.2 Å². The van der Waals surface area contributed by atoms with E-state index in [2.05, 4.69) is 4.99 Å². The van der Waals surface area contributed by atoms with Gasteiger partial charge < -0.3 is 10.5 Å².